The summed E-state index contributed by atoms with van der Waals surface area (Å²) >= 11 is 0. The van der Waals surface area contributed by atoms with Gasteiger partial charge in [-0.2, -0.15) is 0 Å². The Balaban J connectivity index is 0.00000338. The second-order valence-corrected chi connectivity index (χ2v) is 7.67. The zero-order valence-corrected chi connectivity index (χ0v) is 19.0. The van der Waals surface area contributed by atoms with Gasteiger partial charge in [0.05, 0.1) is 13.0 Å². The molecule has 2 unspecified atom stereocenters. The Morgan fingerprint density at radius 3 is 2.65 bits per heavy atom. The number of rotatable bonds is 4. The van der Waals surface area contributed by atoms with Crippen molar-refractivity contribution in [3.63, 3.8) is 0 Å². The number of carbonyl (C=O) groups excluding carboxylic acids is 1. The van der Waals surface area contributed by atoms with Crippen LogP contribution in [0.3, 0.4) is 0 Å². The van der Waals surface area contributed by atoms with Crippen molar-refractivity contribution in [2.45, 2.75) is 33.1 Å². The van der Waals surface area contributed by atoms with E-state index in [1.807, 2.05) is 0 Å². The molecule has 0 radical (unpaired) electrons. The van der Waals surface area contributed by atoms with Gasteiger partial charge in [0.2, 0.25) is 0 Å². The van der Waals surface area contributed by atoms with Crippen LogP contribution in [0.1, 0.15) is 31.9 Å². The molecule has 1 aliphatic heterocycles. The van der Waals surface area contributed by atoms with E-state index in [2.05, 4.69) is 67.2 Å². The second kappa shape index (κ2) is 9.58. The van der Waals surface area contributed by atoms with Gasteiger partial charge in [-0.1, -0.05) is 50.6 Å². The largest absolute Gasteiger partial charge is 0.469 e. The zero-order valence-electron chi connectivity index (χ0n) is 16.7. The average Bonchev–Trinajstić information content (AvgIpc) is 2.96. The number of aliphatic imine (C=N–C) groups is 1. The van der Waals surface area contributed by atoms with E-state index in [4.69, 9.17) is 4.74 Å². The molecule has 1 fully saturated rings. The van der Waals surface area contributed by atoms with Crippen molar-refractivity contribution in [2.75, 3.05) is 33.8 Å². The van der Waals surface area contributed by atoms with Gasteiger partial charge >= 0.3 is 5.97 Å². The highest BCUT2D eigenvalue weighted by Crippen LogP contribution is 2.25. The summed E-state index contributed by atoms with van der Waals surface area (Å²) in [5.74, 6) is 0.883. The predicted octanol–water partition coefficient (Wildman–Crippen LogP) is 3.21. The Morgan fingerprint density at radius 1 is 1.38 bits per heavy atom. The minimum atomic E-state index is -0.134. The summed E-state index contributed by atoms with van der Waals surface area (Å²) in [4.78, 5) is 18.5. The van der Waals surface area contributed by atoms with Crippen LogP contribution in [0.2, 0.25) is 0 Å². The number of nitrogens with one attached hydrogen (secondary N) is 1. The first-order valence-corrected chi connectivity index (χ1v) is 8.89. The van der Waals surface area contributed by atoms with Crippen LogP contribution in [0.5, 0.6) is 0 Å². The van der Waals surface area contributed by atoms with Crippen molar-refractivity contribution < 1.29 is 9.53 Å². The highest BCUT2D eigenvalue weighted by molar-refractivity contribution is 14.0. The van der Waals surface area contributed by atoms with E-state index in [1.54, 1.807) is 7.05 Å². The summed E-state index contributed by atoms with van der Waals surface area (Å²) in [6.07, 6.45) is 0. The van der Waals surface area contributed by atoms with Crippen molar-refractivity contribution in [3.8, 4) is 0 Å². The van der Waals surface area contributed by atoms with Crippen LogP contribution in [0.15, 0.2) is 29.3 Å². The number of likely N-dealkylation sites (tertiary alicyclic amines) is 1. The van der Waals surface area contributed by atoms with Crippen LogP contribution in [0.4, 0.5) is 0 Å². The van der Waals surface area contributed by atoms with Gasteiger partial charge in [0, 0.05) is 32.1 Å². The molecule has 0 spiro atoms. The van der Waals surface area contributed by atoms with E-state index in [0.29, 0.717) is 6.54 Å². The third kappa shape index (κ3) is 5.34. The number of hydrogen-bond acceptors (Lipinski definition) is 3. The molecular weight excluding hydrogens is 441 g/mol. The maximum Gasteiger partial charge on any atom is 0.310 e. The Bertz CT molecular complexity index is 646. The summed E-state index contributed by atoms with van der Waals surface area (Å²) in [6.45, 7) is 10.9. The van der Waals surface area contributed by atoms with E-state index >= 15 is 0 Å². The van der Waals surface area contributed by atoms with Crippen molar-refractivity contribution in [3.05, 3.63) is 35.4 Å². The number of nitrogens with zero attached hydrogens (tertiary/aromatic N) is 2. The van der Waals surface area contributed by atoms with Gasteiger partial charge in [-0.25, -0.2) is 0 Å². The van der Waals surface area contributed by atoms with E-state index < -0.39 is 0 Å². The molecule has 1 N–H and O–H groups in total. The van der Waals surface area contributed by atoms with Crippen LogP contribution < -0.4 is 5.32 Å². The molecule has 1 aromatic carbocycles. The van der Waals surface area contributed by atoms with Crippen molar-refractivity contribution in [1.82, 2.24) is 10.2 Å². The van der Waals surface area contributed by atoms with Crippen molar-refractivity contribution in [1.29, 1.82) is 0 Å². The molecular formula is C20H32IN3O2. The molecule has 0 bridgehead atoms. The molecule has 1 saturated heterocycles. The van der Waals surface area contributed by atoms with Crippen LogP contribution in [-0.4, -0.2) is 50.6 Å². The number of hydrogen-bond donors (Lipinski definition) is 1. The Kier molecular flexibility index (Phi) is 8.37. The lowest BCUT2D eigenvalue weighted by Crippen LogP contribution is -2.45. The Hall–Kier alpha value is -1.31. The number of ether oxygens (including phenoxy) is 1. The fourth-order valence-corrected chi connectivity index (χ4v) is 3.40. The molecule has 5 nitrogen and oxygen atoms in total. The monoisotopic (exact) mass is 473 g/mol. The maximum absolute atomic E-state index is 11.9. The minimum Gasteiger partial charge on any atom is -0.469 e. The summed E-state index contributed by atoms with van der Waals surface area (Å²) in [7, 11) is 3.24. The van der Waals surface area contributed by atoms with E-state index in [-0.39, 0.29) is 47.2 Å². The van der Waals surface area contributed by atoms with Gasteiger partial charge in [0.15, 0.2) is 5.96 Å². The third-order valence-electron chi connectivity index (χ3n) is 5.12. The Morgan fingerprint density at radius 2 is 2.08 bits per heavy atom. The summed E-state index contributed by atoms with van der Waals surface area (Å²) in [5.41, 5.74) is 2.55. The number of halogens is 1. The molecule has 2 rings (SSSR count). The van der Waals surface area contributed by atoms with Gasteiger partial charge in [-0.15, -0.1) is 24.0 Å². The normalized spacial score (nSPS) is 20.5. The molecule has 26 heavy (non-hydrogen) atoms. The first-order valence-electron chi connectivity index (χ1n) is 8.89. The first kappa shape index (κ1) is 22.7. The number of aryl methyl sites for hydroxylation is 1. The average molecular weight is 473 g/mol. The fourth-order valence-electron chi connectivity index (χ4n) is 3.40. The van der Waals surface area contributed by atoms with Gasteiger partial charge in [-0.3, -0.25) is 9.79 Å². The van der Waals surface area contributed by atoms with Gasteiger partial charge in [0.25, 0.3) is 0 Å². The standard InChI is InChI=1S/C20H31N3O2.HI/c1-14-8-7-9-16(10-14)20(3,4)13-22-19(21-5)23-11-15(2)17(12-23)18(24)25-6;/h7-10,15,17H,11-13H2,1-6H3,(H,21,22);1H. The molecule has 0 saturated carbocycles. The van der Waals surface area contributed by atoms with E-state index in [1.165, 1.54) is 18.2 Å². The molecule has 1 aliphatic rings. The first-order chi connectivity index (χ1) is 11.8. The number of benzene rings is 1. The van der Waals surface area contributed by atoms with E-state index in [9.17, 15) is 4.79 Å². The molecule has 0 aliphatic carbocycles. The Labute approximate surface area is 174 Å². The van der Waals surface area contributed by atoms with Crippen LogP contribution in [-0.2, 0) is 14.9 Å². The van der Waals surface area contributed by atoms with Crippen molar-refractivity contribution in [2.24, 2.45) is 16.8 Å². The smallest absolute Gasteiger partial charge is 0.310 e. The quantitative estimate of drug-likeness (QED) is 0.316. The second-order valence-electron chi connectivity index (χ2n) is 7.67. The fraction of sp³-hybridized carbons (Fsp3) is 0.600. The van der Waals surface area contributed by atoms with Crippen LogP contribution in [0, 0.1) is 18.8 Å². The molecule has 6 heteroatoms. The lowest BCUT2D eigenvalue weighted by molar-refractivity contribution is -0.145. The number of esters is 1. The van der Waals surface area contributed by atoms with Gasteiger partial charge in [0.1, 0.15) is 0 Å². The SMILES string of the molecule is CN=C(NCC(C)(C)c1cccc(C)c1)N1CC(C)C(C(=O)OC)C1.I. The summed E-state index contributed by atoms with van der Waals surface area (Å²) in [5, 5.41) is 3.49. The molecule has 1 heterocycles. The van der Waals surface area contributed by atoms with Crippen molar-refractivity contribution >= 4 is 35.9 Å². The maximum atomic E-state index is 11.9. The molecule has 1 aromatic rings. The summed E-state index contributed by atoms with van der Waals surface area (Å²) < 4.78 is 4.92. The van der Waals surface area contributed by atoms with Crippen LogP contribution >= 0.6 is 24.0 Å². The highest BCUT2D eigenvalue weighted by Gasteiger charge is 2.37. The molecule has 146 valence electrons. The molecule has 0 aromatic heterocycles. The number of guanidine groups is 1. The minimum absolute atomic E-state index is 0. The molecule has 2 atom stereocenters. The number of carbonyl (C=O) groups is 1. The van der Waals surface area contributed by atoms with Gasteiger partial charge in [-0.05, 0) is 18.4 Å². The lowest BCUT2D eigenvalue weighted by atomic mass is 9.84. The topological polar surface area (TPSA) is 53.9 Å². The summed E-state index contributed by atoms with van der Waals surface area (Å²) in [6, 6.07) is 8.62. The third-order valence-corrected chi connectivity index (χ3v) is 5.12. The number of methoxy groups -OCH3 is 1. The predicted molar refractivity (Wildman–Crippen MR) is 117 cm³/mol. The van der Waals surface area contributed by atoms with Crippen LogP contribution in [0.25, 0.3) is 0 Å². The van der Waals surface area contributed by atoms with E-state index in [0.717, 1.165) is 19.0 Å². The molecule has 0 amide bonds. The van der Waals surface area contributed by atoms with Gasteiger partial charge < -0.3 is 15.0 Å². The zero-order chi connectivity index (χ0) is 18.6. The lowest BCUT2D eigenvalue weighted by Gasteiger charge is -2.29. The highest BCUT2D eigenvalue weighted by atomic mass is 127.